The molecule has 5 rings (SSSR count). The Labute approximate surface area is 167 Å². The molecule has 2 fully saturated rings. The van der Waals surface area contributed by atoms with Gasteiger partial charge in [0.2, 0.25) is 0 Å². The van der Waals surface area contributed by atoms with Crippen LogP contribution < -0.4 is 0 Å². The van der Waals surface area contributed by atoms with E-state index < -0.39 is 0 Å². The van der Waals surface area contributed by atoms with Crippen LogP contribution in [0.15, 0.2) is 58.7 Å². The predicted octanol–water partition coefficient (Wildman–Crippen LogP) is 5.72. The maximum atomic E-state index is 9.85. The number of hydrogen-bond donors (Lipinski definition) is 1. The van der Waals surface area contributed by atoms with E-state index in [0.29, 0.717) is 17.6 Å². The van der Waals surface area contributed by atoms with Crippen LogP contribution in [0.1, 0.15) is 61.6 Å². The topological polar surface area (TPSA) is 45.0 Å². The zero-order chi connectivity index (χ0) is 19.1. The fourth-order valence-corrected chi connectivity index (χ4v) is 6.23. The summed E-state index contributed by atoms with van der Waals surface area (Å²) in [5.41, 5.74) is 5.46. The van der Waals surface area contributed by atoms with Gasteiger partial charge in [-0.3, -0.25) is 0 Å². The van der Waals surface area contributed by atoms with Gasteiger partial charge in [0.1, 0.15) is 5.75 Å². The van der Waals surface area contributed by atoms with Crippen molar-refractivity contribution in [2.24, 2.45) is 27.5 Å². The highest BCUT2D eigenvalue weighted by Gasteiger charge is 2.53. The second-order valence-electron chi connectivity index (χ2n) is 9.00. The number of phenolic OH excluding ortho intramolecular Hbond substituents is 1. The van der Waals surface area contributed by atoms with E-state index in [-0.39, 0.29) is 5.41 Å². The second kappa shape index (κ2) is 6.88. The third-order valence-electron chi connectivity index (χ3n) is 7.64. The van der Waals surface area contributed by atoms with Crippen molar-refractivity contribution in [3.8, 4) is 5.75 Å². The molecule has 2 aromatic carbocycles. The molecule has 0 aromatic heterocycles. The molecule has 0 radical (unpaired) electrons. The van der Waals surface area contributed by atoms with Crippen LogP contribution in [0.5, 0.6) is 5.75 Å². The zero-order valence-electron chi connectivity index (χ0n) is 16.5. The van der Waals surface area contributed by atoms with Crippen molar-refractivity contribution in [1.29, 1.82) is 0 Å². The van der Waals surface area contributed by atoms with Gasteiger partial charge in [0.05, 0.1) is 6.21 Å². The predicted molar refractivity (Wildman–Crippen MR) is 114 cm³/mol. The molecule has 3 aliphatic rings. The first-order valence-electron chi connectivity index (χ1n) is 10.6. The molecule has 4 atom stereocenters. The number of aryl methyl sites for hydroxylation is 1. The summed E-state index contributed by atoms with van der Waals surface area (Å²) in [4.78, 5) is 0. The van der Waals surface area contributed by atoms with Crippen molar-refractivity contribution in [2.75, 3.05) is 0 Å². The summed E-state index contributed by atoms with van der Waals surface area (Å²) in [5.74, 6) is 2.50. The molecule has 2 saturated carbocycles. The van der Waals surface area contributed by atoms with Crippen molar-refractivity contribution < 1.29 is 5.11 Å². The Bertz CT molecular complexity index is 933. The largest absolute Gasteiger partial charge is 0.508 e. The van der Waals surface area contributed by atoms with Crippen LogP contribution in [-0.4, -0.2) is 17.0 Å². The number of aromatic hydroxyl groups is 1. The summed E-state index contributed by atoms with van der Waals surface area (Å²) in [6.45, 7) is 2.43. The first-order valence-corrected chi connectivity index (χ1v) is 10.6. The van der Waals surface area contributed by atoms with Gasteiger partial charge in [-0.1, -0.05) is 43.3 Å². The Morgan fingerprint density at radius 2 is 1.89 bits per heavy atom. The highest BCUT2D eigenvalue weighted by Crippen LogP contribution is 2.60. The van der Waals surface area contributed by atoms with Gasteiger partial charge in [-0.2, -0.15) is 10.2 Å². The Hall–Kier alpha value is -2.42. The van der Waals surface area contributed by atoms with Gasteiger partial charge >= 0.3 is 0 Å². The lowest BCUT2D eigenvalue weighted by molar-refractivity contribution is 0.0955. The van der Waals surface area contributed by atoms with E-state index in [0.717, 1.165) is 24.3 Å². The van der Waals surface area contributed by atoms with Crippen LogP contribution in [0.4, 0.5) is 0 Å². The van der Waals surface area contributed by atoms with Crippen molar-refractivity contribution >= 4 is 11.9 Å². The average molecular weight is 373 g/mol. The van der Waals surface area contributed by atoms with E-state index >= 15 is 0 Å². The average Bonchev–Trinajstić information content (AvgIpc) is 3.05. The number of fused-ring (bicyclic) bond motifs is 5. The molecule has 0 bridgehead atoms. The third kappa shape index (κ3) is 2.88. The Morgan fingerprint density at radius 3 is 2.75 bits per heavy atom. The molecule has 0 aliphatic heterocycles. The lowest BCUT2D eigenvalue weighted by Crippen LogP contribution is -2.42. The normalized spacial score (nSPS) is 32.9. The van der Waals surface area contributed by atoms with Crippen molar-refractivity contribution in [3.05, 3.63) is 65.2 Å². The van der Waals surface area contributed by atoms with Crippen LogP contribution in [0.3, 0.4) is 0 Å². The molecule has 3 heteroatoms. The fraction of sp³-hybridized carbons (Fsp3) is 0.440. The Balaban J connectivity index is 1.39. The van der Waals surface area contributed by atoms with Gasteiger partial charge in [-0.05, 0) is 85.1 Å². The monoisotopic (exact) mass is 372 g/mol. The first-order chi connectivity index (χ1) is 13.6. The zero-order valence-corrected chi connectivity index (χ0v) is 16.5. The van der Waals surface area contributed by atoms with Crippen molar-refractivity contribution in [3.63, 3.8) is 0 Å². The molecule has 1 N–H and O–H groups in total. The van der Waals surface area contributed by atoms with Crippen molar-refractivity contribution in [1.82, 2.24) is 0 Å². The summed E-state index contributed by atoms with van der Waals surface area (Å²) in [6, 6.07) is 16.2. The summed E-state index contributed by atoms with van der Waals surface area (Å²) < 4.78 is 0. The summed E-state index contributed by atoms with van der Waals surface area (Å²) in [7, 11) is 0. The molecule has 144 valence electrons. The van der Waals surface area contributed by atoms with E-state index in [4.69, 9.17) is 5.10 Å². The number of rotatable bonds is 2. The summed E-state index contributed by atoms with van der Waals surface area (Å²) in [5, 5.41) is 19.0. The van der Waals surface area contributed by atoms with E-state index in [9.17, 15) is 5.11 Å². The van der Waals surface area contributed by atoms with Crippen LogP contribution >= 0.6 is 0 Å². The minimum atomic E-state index is 0.198. The van der Waals surface area contributed by atoms with E-state index in [2.05, 4.69) is 30.2 Å². The Kier molecular flexibility index (Phi) is 4.34. The second-order valence-corrected chi connectivity index (χ2v) is 9.00. The molecule has 28 heavy (non-hydrogen) atoms. The first kappa shape index (κ1) is 17.7. The maximum absolute atomic E-state index is 9.85. The summed E-state index contributed by atoms with van der Waals surface area (Å²) in [6.07, 6.45) is 8.94. The van der Waals surface area contributed by atoms with Crippen molar-refractivity contribution in [2.45, 2.75) is 51.4 Å². The minimum absolute atomic E-state index is 0.198. The molecule has 0 spiro atoms. The van der Waals surface area contributed by atoms with Crippen LogP contribution in [0, 0.1) is 17.3 Å². The van der Waals surface area contributed by atoms with Gasteiger partial charge in [0.25, 0.3) is 0 Å². The number of nitrogens with zero attached hydrogens (tertiary/aromatic N) is 2. The highest BCUT2D eigenvalue weighted by molar-refractivity contribution is 5.93. The fourth-order valence-electron chi connectivity index (χ4n) is 6.23. The molecule has 0 amide bonds. The quantitative estimate of drug-likeness (QED) is 0.531. The standard InChI is InChI=1S/C25H28N2O/c1-25-14-13-21-20-10-8-19(28)15-18(20)7-9-22(21)23(25)11-12-24(25)27-26-16-17-5-3-2-4-6-17/h2-6,8,10,15-16,21-23,28H,7,9,11-14H2,1H3/b26-16-,27-24-/t21-,22-,23-,25+/m1/s1. The molecule has 0 unspecified atom stereocenters. The molecular weight excluding hydrogens is 344 g/mol. The number of hydrogen-bond acceptors (Lipinski definition) is 3. The molecule has 0 saturated heterocycles. The van der Waals surface area contributed by atoms with Gasteiger partial charge in [0, 0.05) is 11.1 Å². The van der Waals surface area contributed by atoms with Gasteiger partial charge in [-0.15, -0.1) is 0 Å². The number of phenols is 1. The van der Waals surface area contributed by atoms with E-state index in [1.807, 2.05) is 36.5 Å². The maximum Gasteiger partial charge on any atom is 0.115 e. The van der Waals surface area contributed by atoms with Crippen LogP contribution in [0.25, 0.3) is 0 Å². The summed E-state index contributed by atoms with van der Waals surface area (Å²) >= 11 is 0. The molecular formula is C25H28N2O. The molecule has 0 heterocycles. The third-order valence-corrected chi connectivity index (χ3v) is 7.64. The van der Waals surface area contributed by atoms with Gasteiger partial charge < -0.3 is 5.11 Å². The van der Waals surface area contributed by atoms with Crippen LogP contribution in [-0.2, 0) is 6.42 Å². The van der Waals surface area contributed by atoms with E-state index in [1.54, 1.807) is 0 Å². The minimum Gasteiger partial charge on any atom is -0.508 e. The molecule has 3 nitrogen and oxygen atoms in total. The van der Waals surface area contributed by atoms with Gasteiger partial charge in [-0.25, -0.2) is 0 Å². The lowest BCUT2D eigenvalue weighted by Gasteiger charge is -2.49. The van der Waals surface area contributed by atoms with E-state index in [1.165, 1.54) is 42.5 Å². The lowest BCUT2D eigenvalue weighted by atomic mass is 9.55. The van der Waals surface area contributed by atoms with Gasteiger partial charge in [0.15, 0.2) is 0 Å². The van der Waals surface area contributed by atoms with Crippen LogP contribution in [0.2, 0.25) is 0 Å². The Morgan fingerprint density at radius 1 is 1.04 bits per heavy atom. The molecule has 2 aromatic rings. The highest BCUT2D eigenvalue weighted by atomic mass is 16.3. The smallest absolute Gasteiger partial charge is 0.115 e. The number of benzene rings is 2. The molecule has 3 aliphatic carbocycles. The SMILES string of the molecule is C[C@]12CC[C@@H]3c4ccc(O)cc4CC[C@H]3[C@H]1CC/C2=N/N=C\c1ccccc1.